The predicted octanol–water partition coefficient (Wildman–Crippen LogP) is 4.33. The van der Waals surface area contributed by atoms with Gasteiger partial charge in [0, 0.05) is 34.4 Å². The highest BCUT2D eigenvalue weighted by atomic mass is 79.9. The van der Waals surface area contributed by atoms with Crippen LogP contribution in [0, 0.1) is 0 Å². The maximum absolute atomic E-state index is 5.95. The van der Waals surface area contributed by atoms with Crippen LogP contribution in [0.1, 0.15) is 25.0 Å². The van der Waals surface area contributed by atoms with Gasteiger partial charge in [-0.15, -0.1) is 0 Å². The van der Waals surface area contributed by atoms with Gasteiger partial charge in [0.25, 0.3) is 0 Å². The van der Waals surface area contributed by atoms with Crippen molar-refractivity contribution in [2.24, 2.45) is 0 Å². The van der Waals surface area contributed by atoms with Crippen molar-refractivity contribution in [1.82, 2.24) is 0 Å². The fourth-order valence-corrected chi connectivity index (χ4v) is 3.47. The van der Waals surface area contributed by atoms with Gasteiger partial charge in [0.2, 0.25) is 0 Å². The van der Waals surface area contributed by atoms with Gasteiger partial charge >= 0.3 is 0 Å². The third kappa shape index (κ3) is 2.42. The molecule has 0 atom stereocenters. The highest BCUT2D eigenvalue weighted by Crippen LogP contribution is 2.36. The lowest BCUT2D eigenvalue weighted by molar-refractivity contribution is 0.477. The maximum Gasteiger partial charge on any atom is 0.0433 e. The van der Waals surface area contributed by atoms with E-state index in [9.17, 15) is 0 Å². The van der Waals surface area contributed by atoms with Crippen LogP contribution in [-0.2, 0) is 12.0 Å². The second-order valence-corrected chi connectivity index (χ2v) is 7.05. The normalized spacial score (nSPS) is 16.9. The molecule has 0 spiro atoms. The van der Waals surface area contributed by atoms with Crippen molar-refractivity contribution in [3.05, 3.63) is 58.1 Å². The zero-order valence-corrected chi connectivity index (χ0v) is 13.4. The van der Waals surface area contributed by atoms with E-state index < -0.39 is 0 Å². The van der Waals surface area contributed by atoms with Crippen LogP contribution in [0.15, 0.2) is 46.9 Å². The molecule has 0 aliphatic carbocycles. The molecule has 0 aromatic heterocycles. The average Bonchev–Trinajstić information content (AvgIpc) is 2.37. The van der Waals surface area contributed by atoms with Crippen LogP contribution in [0.2, 0.25) is 0 Å². The molecular formula is C17H19BrN2. The average molecular weight is 331 g/mol. The van der Waals surface area contributed by atoms with E-state index in [0.717, 1.165) is 23.2 Å². The van der Waals surface area contributed by atoms with Gasteiger partial charge in [-0.3, -0.25) is 0 Å². The van der Waals surface area contributed by atoms with Crippen LogP contribution < -0.4 is 10.6 Å². The number of nitrogens with two attached hydrogens (primary N) is 1. The van der Waals surface area contributed by atoms with Crippen LogP contribution in [-0.4, -0.2) is 6.54 Å². The number of nitrogen functional groups attached to an aromatic ring is 1. The molecule has 2 nitrogen and oxygen atoms in total. The van der Waals surface area contributed by atoms with Gasteiger partial charge in [-0.25, -0.2) is 0 Å². The monoisotopic (exact) mass is 330 g/mol. The van der Waals surface area contributed by atoms with E-state index in [0.29, 0.717) is 0 Å². The Balaban J connectivity index is 2.02. The summed E-state index contributed by atoms with van der Waals surface area (Å²) < 4.78 is 1.12. The van der Waals surface area contributed by atoms with Crippen LogP contribution in [0.4, 0.5) is 11.4 Å². The molecule has 1 aliphatic heterocycles. The van der Waals surface area contributed by atoms with E-state index in [1.54, 1.807) is 0 Å². The van der Waals surface area contributed by atoms with Crippen molar-refractivity contribution >= 4 is 27.3 Å². The third-order valence-electron chi connectivity index (χ3n) is 3.98. The van der Waals surface area contributed by atoms with Crippen molar-refractivity contribution in [3.63, 3.8) is 0 Å². The summed E-state index contributed by atoms with van der Waals surface area (Å²) in [5, 5.41) is 0. The molecule has 0 fully saturated rings. The van der Waals surface area contributed by atoms with Crippen molar-refractivity contribution in [2.45, 2.75) is 25.8 Å². The largest absolute Gasteiger partial charge is 0.399 e. The Morgan fingerprint density at radius 2 is 1.95 bits per heavy atom. The number of anilines is 2. The van der Waals surface area contributed by atoms with E-state index in [4.69, 9.17) is 5.73 Å². The zero-order valence-electron chi connectivity index (χ0n) is 11.9. The Morgan fingerprint density at radius 1 is 1.15 bits per heavy atom. The van der Waals surface area contributed by atoms with E-state index in [1.807, 2.05) is 6.07 Å². The molecule has 1 aliphatic rings. The lowest BCUT2D eigenvalue weighted by Gasteiger charge is -2.41. The highest BCUT2D eigenvalue weighted by molar-refractivity contribution is 9.10. The number of hydrogen-bond donors (Lipinski definition) is 1. The molecule has 2 aromatic rings. The number of benzene rings is 2. The number of rotatable bonds is 1. The number of fused-ring (bicyclic) bond motifs is 1. The summed E-state index contributed by atoms with van der Waals surface area (Å²) in [5.41, 5.74) is 10.9. The van der Waals surface area contributed by atoms with Crippen LogP contribution in [0.5, 0.6) is 0 Å². The van der Waals surface area contributed by atoms with Crippen molar-refractivity contribution in [3.8, 4) is 0 Å². The van der Waals surface area contributed by atoms with Gasteiger partial charge < -0.3 is 10.6 Å². The first-order valence-electron chi connectivity index (χ1n) is 6.85. The van der Waals surface area contributed by atoms with Gasteiger partial charge in [0.05, 0.1) is 0 Å². The van der Waals surface area contributed by atoms with Crippen LogP contribution >= 0.6 is 15.9 Å². The first kappa shape index (κ1) is 13.5. The van der Waals surface area contributed by atoms with Crippen molar-refractivity contribution < 1.29 is 0 Å². The molecule has 20 heavy (non-hydrogen) atoms. The summed E-state index contributed by atoms with van der Waals surface area (Å²) in [5.74, 6) is 0. The Morgan fingerprint density at radius 3 is 2.70 bits per heavy atom. The second-order valence-electron chi connectivity index (χ2n) is 6.14. The van der Waals surface area contributed by atoms with E-state index >= 15 is 0 Å². The Hall–Kier alpha value is -1.48. The molecule has 3 heteroatoms. The molecule has 0 bridgehead atoms. The van der Waals surface area contributed by atoms with E-state index in [1.165, 1.54) is 16.8 Å². The number of nitrogens with zero attached hydrogens (tertiary/aromatic N) is 1. The summed E-state index contributed by atoms with van der Waals surface area (Å²) in [6.45, 7) is 6.53. The highest BCUT2D eigenvalue weighted by Gasteiger charge is 2.31. The minimum Gasteiger partial charge on any atom is -0.399 e. The summed E-state index contributed by atoms with van der Waals surface area (Å²) >= 11 is 3.55. The fourth-order valence-electron chi connectivity index (χ4n) is 3.08. The maximum atomic E-state index is 5.95. The molecule has 3 rings (SSSR count). The van der Waals surface area contributed by atoms with Gasteiger partial charge in [-0.1, -0.05) is 41.9 Å². The van der Waals surface area contributed by atoms with Gasteiger partial charge in [-0.05, 0) is 41.5 Å². The summed E-state index contributed by atoms with van der Waals surface area (Å²) in [6.07, 6.45) is 0. The molecule has 1 heterocycles. The number of hydrogen-bond acceptors (Lipinski definition) is 2. The molecule has 104 valence electrons. The third-order valence-corrected chi connectivity index (χ3v) is 4.47. The molecule has 0 amide bonds. The van der Waals surface area contributed by atoms with Gasteiger partial charge in [0.15, 0.2) is 0 Å². The first-order chi connectivity index (χ1) is 9.45. The second kappa shape index (κ2) is 4.81. The molecule has 2 aromatic carbocycles. The Bertz CT molecular complexity index is 649. The summed E-state index contributed by atoms with van der Waals surface area (Å²) in [4.78, 5) is 2.42. The quantitative estimate of drug-likeness (QED) is 0.788. The smallest absolute Gasteiger partial charge is 0.0433 e. The van der Waals surface area contributed by atoms with Crippen LogP contribution in [0.25, 0.3) is 0 Å². The lowest BCUT2D eigenvalue weighted by atomic mass is 9.78. The topological polar surface area (TPSA) is 29.3 Å². The summed E-state index contributed by atoms with van der Waals surface area (Å²) in [6, 6.07) is 14.8. The van der Waals surface area contributed by atoms with Crippen LogP contribution in [0.3, 0.4) is 0 Å². The minimum absolute atomic E-state index is 0.129. The molecule has 0 saturated carbocycles. The van der Waals surface area contributed by atoms with Crippen molar-refractivity contribution in [2.75, 3.05) is 17.2 Å². The van der Waals surface area contributed by atoms with Crippen molar-refractivity contribution in [1.29, 1.82) is 0 Å². The molecular weight excluding hydrogens is 312 g/mol. The lowest BCUT2D eigenvalue weighted by Crippen LogP contribution is -2.42. The molecule has 2 N–H and O–H groups in total. The SMILES string of the molecule is CC1(C)CN(c2cccc(Br)c2)Cc2cc(N)ccc21. The molecule has 0 radical (unpaired) electrons. The summed E-state index contributed by atoms with van der Waals surface area (Å²) in [7, 11) is 0. The molecule has 0 unspecified atom stereocenters. The number of halogens is 1. The first-order valence-corrected chi connectivity index (χ1v) is 7.64. The standard InChI is InChI=1S/C17H19BrN2/c1-17(2)11-20(15-5-3-4-13(18)9-15)10-12-8-14(19)6-7-16(12)17/h3-9H,10-11,19H2,1-2H3. The van der Waals surface area contributed by atoms with E-state index in [2.05, 4.69) is 71.1 Å². The Kier molecular flexibility index (Phi) is 3.25. The van der Waals surface area contributed by atoms with Gasteiger partial charge in [0.1, 0.15) is 0 Å². The molecule has 0 saturated heterocycles. The zero-order chi connectivity index (χ0) is 14.3. The van der Waals surface area contributed by atoms with Gasteiger partial charge in [-0.2, -0.15) is 0 Å². The predicted molar refractivity (Wildman–Crippen MR) is 89.1 cm³/mol. The van der Waals surface area contributed by atoms with E-state index in [-0.39, 0.29) is 5.41 Å². The Labute approximate surface area is 128 Å². The minimum atomic E-state index is 0.129. The fraction of sp³-hybridized carbons (Fsp3) is 0.294.